The number of nitrogens with zero attached hydrogens (tertiary/aromatic N) is 5. The van der Waals surface area contributed by atoms with Gasteiger partial charge in [0, 0.05) is 44.2 Å². The van der Waals surface area contributed by atoms with Crippen LogP contribution < -0.4 is 4.74 Å². The maximum Gasteiger partial charge on any atom is 0.242 e. The fourth-order valence-electron chi connectivity index (χ4n) is 3.38. The molecule has 1 N–H and O–H groups in total. The molecule has 8 heteroatoms. The molecule has 0 aromatic carbocycles. The van der Waals surface area contributed by atoms with Crippen molar-refractivity contribution in [1.29, 1.82) is 0 Å². The van der Waals surface area contributed by atoms with Crippen LogP contribution in [0.25, 0.3) is 16.7 Å². The fourth-order valence-corrected chi connectivity index (χ4v) is 3.38. The number of hydrogen-bond donors (Lipinski definition) is 1. The number of aryl methyl sites for hydroxylation is 1. The molecule has 27 heavy (non-hydrogen) atoms. The SMILES string of the molecule is Cn1cc(-n2ccc3nc(Cc4ccc[nH]4)nc(O[C@H]4CCOC4)c32)cn1. The summed E-state index contributed by atoms with van der Waals surface area (Å²) in [4.78, 5) is 12.7. The molecule has 1 atom stereocenters. The summed E-state index contributed by atoms with van der Waals surface area (Å²) in [6.45, 7) is 1.31. The zero-order chi connectivity index (χ0) is 18.2. The van der Waals surface area contributed by atoms with Crippen LogP contribution in [-0.4, -0.2) is 48.6 Å². The number of fused-ring (bicyclic) bond motifs is 1. The Bertz CT molecular complexity index is 1060. The van der Waals surface area contributed by atoms with E-state index in [0.29, 0.717) is 18.9 Å². The van der Waals surface area contributed by atoms with E-state index >= 15 is 0 Å². The van der Waals surface area contributed by atoms with Gasteiger partial charge in [0.2, 0.25) is 5.88 Å². The summed E-state index contributed by atoms with van der Waals surface area (Å²) < 4.78 is 15.5. The maximum atomic E-state index is 6.24. The lowest BCUT2D eigenvalue weighted by Gasteiger charge is -2.14. The zero-order valence-electron chi connectivity index (χ0n) is 15.0. The molecule has 1 aliphatic rings. The van der Waals surface area contributed by atoms with Crippen LogP contribution >= 0.6 is 0 Å². The first-order chi connectivity index (χ1) is 13.3. The van der Waals surface area contributed by atoms with Crippen LogP contribution in [-0.2, 0) is 18.2 Å². The summed E-state index contributed by atoms with van der Waals surface area (Å²) in [7, 11) is 1.90. The molecule has 0 radical (unpaired) electrons. The average molecular weight is 364 g/mol. The highest BCUT2D eigenvalue weighted by molar-refractivity contribution is 5.82. The third-order valence-electron chi connectivity index (χ3n) is 4.69. The lowest BCUT2D eigenvalue weighted by atomic mass is 10.3. The molecule has 1 fully saturated rings. The summed E-state index contributed by atoms with van der Waals surface area (Å²) in [6.07, 6.45) is 9.15. The van der Waals surface area contributed by atoms with Gasteiger partial charge in [0.15, 0.2) is 0 Å². The molecule has 8 nitrogen and oxygen atoms in total. The van der Waals surface area contributed by atoms with E-state index in [1.165, 1.54) is 0 Å². The van der Waals surface area contributed by atoms with Crippen molar-refractivity contribution in [3.8, 4) is 11.6 Å². The Morgan fingerprint density at radius 3 is 3.04 bits per heavy atom. The van der Waals surface area contributed by atoms with Gasteiger partial charge in [-0.05, 0) is 18.2 Å². The van der Waals surface area contributed by atoms with E-state index in [0.717, 1.165) is 41.3 Å². The van der Waals surface area contributed by atoms with Crippen molar-refractivity contribution in [1.82, 2.24) is 29.3 Å². The highest BCUT2D eigenvalue weighted by Gasteiger charge is 2.22. The van der Waals surface area contributed by atoms with Crippen LogP contribution in [0, 0.1) is 0 Å². The van der Waals surface area contributed by atoms with Crippen molar-refractivity contribution >= 4 is 11.0 Å². The first-order valence-electron chi connectivity index (χ1n) is 9.00. The molecule has 138 valence electrons. The zero-order valence-corrected chi connectivity index (χ0v) is 15.0. The summed E-state index contributed by atoms with van der Waals surface area (Å²) >= 11 is 0. The number of ether oxygens (including phenoxy) is 2. The molecule has 0 saturated carbocycles. The van der Waals surface area contributed by atoms with Gasteiger partial charge < -0.3 is 19.0 Å². The first-order valence-corrected chi connectivity index (χ1v) is 9.00. The average Bonchev–Trinajstić information content (AvgIpc) is 3.41. The van der Waals surface area contributed by atoms with E-state index in [9.17, 15) is 0 Å². The normalized spacial score (nSPS) is 17.0. The maximum absolute atomic E-state index is 6.24. The van der Waals surface area contributed by atoms with Crippen molar-refractivity contribution < 1.29 is 9.47 Å². The van der Waals surface area contributed by atoms with Gasteiger partial charge in [0.05, 0.1) is 30.6 Å². The molecule has 0 bridgehead atoms. The topological polar surface area (TPSA) is 82.8 Å². The summed E-state index contributed by atoms with van der Waals surface area (Å²) in [5, 5.41) is 4.27. The van der Waals surface area contributed by atoms with Crippen molar-refractivity contribution in [2.24, 2.45) is 7.05 Å². The number of H-pyrrole nitrogens is 1. The van der Waals surface area contributed by atoms with Gasteiger partial charge in [-0.25, -0.2) is 4.98 Å². The van der Waals surface area contributed by atoms with Crippen molar-refractivity contribution in [2.45, 2.75) is 18.9 Å². The van der Waals surface area contributed by atoms with Crippen LogP contribution in [0.5, 0.6) is 5.88 Å². The van der Waals surface area contributed by atoms with Gasteiger partial charge in [0.1, 0.15) is 17.4 Å². The van der Waals surface area contributed by atoms with Gasteiger partial charge in [-0.2, -0.15) is 10.1 Å². The van der Waals surface area contributed by atoms with E-state index in [2.05, 4.69) is 10.1 Å². The van der Waals surface area contributed by atoms with E-state index in [-0.39, 0.29) is 6.10 Å². The first kappa shape index (κ1) is 16.1. The third-order valence-corrected chi connectivity index (χ3v) is 4.69. The van der Waals surface area contributed by atoms with E-state index in [1.807, 2.05) is 54.6 Å². The highest BCUT2D eigenvalue weighted by Crippen LogP contribution is 2.29. The second-order valence-corrected chi connectivity index (χ2v) is 6.71. The van der Waals surface area contributed by atoms with Crippen LogP contribution in [0.1, 0.15) is 17.9 Å². The largest absolute Gasteiger partial charge is 0.470 e. The molecule has 5 rings (SSSR count). The minimum absolute atomic E-state index is 0.0127. The Morgan fingerprint density at radius 1 is 1.33 bits per heavy atom. The minimum atomic E-state index is 0.0127. The number of nitrogens with one attached hydrogen (secondary N) is 1. The molecular weight excluding hydrogens is 344 g/mol. The molecule has 1 saturated heterocycles. The van der Waals surface area contributed by atoms with E-state index < -0.39 is 0 Å². The van der Waals surface area contributed by atoms with Gasteiger partial charge >= 0.3 is 0 Å². The van der Waals surface area contributed by atoms with Gasteiger partial charge in [-0.3, -0.25) is 4.68 Å². The monoisotopic (exact) mass is 364 g/mol. The van der Waals surface area contributed by atoms with Crippen molar-refractivity contribution in [3.05, 3.63) is 54.5 Å². The predicted octanol–water partition coefficient (Wildman–Crippen LogP) is 2.24. The Morgan fingerprint density at radius 2 is 2.30 bits per heavy atom. The lowest BCUT2D eigenvalue weighted by Crippen LogP contribution is -2.18. The van der Waals surface area contributed by atoms with Crippen molar-refractivity contribution in [2.75, 3.05) is 13.2 Å². The van der Waals surface area contributed by atoms with Gasteiger partial charge in [0.25, 0.3) is 0 Å². The van der Waals surface area contributed by atoms with Crippen LogP contribution in [0.3, 0.4) is 0 Å². The molecule has 0 amide bonds. The third kappa shape index (κ3) is 3.08. The molecule has 5 heterocycles. The number of aromatic amines is 1. The Labute approximate surface area is 155 Å². The number of hydrogen-bond acceptors (Lipinski definition) is 5. The molecule has 1 aliphatic heterocycles. The van der Waals surface area contributed by atoms with E-state index in [4.69, 9.17) is 19.4 Å². The molecule has 4 aromatic heterocycles. The fraction of sp³-hybridized carbons (Fsp3) is 0.316. The Kier molecular flexibility index (Phi) is 3.90. The molecule has 0 spiro atoms. The molecular formula is C19H20N6O2. The predicted molar refractivity (Wildman–Crippen MR) is 99.1 cm³/mol. The van der Waals surface area contributed by atoms with Gasteiger partial charge in [-0.1, -0.05) is 0 Å². The summed E-state index contributed by atoms with van der Waals surface area (Å²) in [5.74, 6) is 1.31. The lowest BCUT2D eigenvalue weighted by molar-refractivity contribution is 0.139. The smallest absolute Gasteiger partial charge is 0.242 e. The van der Waals surface area contributed by atoms with Crippen LogP contribution in [0.4, 0.5) is 0 Å². The van der Waals surface area contributed by atoms with Gasteiger partial charge in [-0.15, -0.1) is 0 Å². The molecule has 4 aromatic rings. The second-order valence-electron chi connectivity index (χ2n) is 6.71. The Hall–Kier alpha value is -3.13. The Balaban J connectivity index is 1.61. The van der Waals surface area contributed by atoms with E-state index in [1.54, 1.807) is 4.68 Å². The van der Waals surface area contributed by atoms with Crippen LogP contribution in [0.15, 0.2) is 43.0 Å². The van der Waals surface area contributed by atoms with Crippen molar-refractivity contribution in [3.63, 3.8) is 0 Å². The minimum Gasteiger partial charge on any atom is -0.470 e. The molecule has 0 aliphatic carbocycles. The quantitative estimate of drug-likeness (QED) is 0.587. The second kappa shape index (κ2) is 6.55. The molecule has 0 unspecified atom stereocenters. The summed E-state index contributed by atoms with van der Waals surface area (Å²) in [6, 6.07) is 5.99. The standard InChI is InChI=1S/C19H20N6O2/c1-24-11-14(10-21-24)25-7-4-16-18(25)19(27-15-5-8-26-12-15)23-17(22-16)9-13-3-2-6-20-13/h2-4,6-7,10-11,15,20H,5,8-9,12H2,1H3/t15-/m0/s1. The highest BCUT2D eigenvalue weighted by atomic mass is 16.5. The van der Waals surface area contributed by atoms with Crippen LogP contribution in [0.2, 0.25) is 0 Å². The number of aromatic nitrogens is 6. The summed E-state index contributed by atoms with van der Waals surface area (Å²) in [5.41, 5.74) is 3.71. The number of rotatable bonds is 5.